The number of nitrogens with zero attached hydrogens (tertiary/aromatic N) is 3. The van der Waals surface area contributed by atoms with Crippen LogP contribution in [0.1, 0.15) is 28.5 Å². The van der Waals surface area contributed by atoms with Crippen LogP contribution in [0.3, 0.4) is 0 Å². The minimum absolute atomic E-state index is 0. The van der Waals surface area contributed by atoms with Crippen LogP contribution in [0.2, 0.25) is 0 Å². The highest BCUT2D eigenvalue weighted by atomic mass is 127. The monoisotopic (exact) mass is 456 g/mol. The van der Waals surface area contributed by atoms with Crippen molar-refractivity contribution >= 4 is 35.8 Å². The van der Waals surface area contributed by atoms with Crippen molar-refractivity contribution in [2.75, 3.05) is 20.6 Å². The Balaban J connectivity index is 0.00000312. The lowest BCUT2D eigenvalue weighted by Gasteiger charge is -2.11. The Bertz CT molecular complexity index is 667. The fourth-order valence-corrected chi connectivity index (χ4v) is 2.09. The number of hydrogen-bond donors (Lipinski definition) is 3. The summed E-state index contributed by atoms with van der Waals surface area (Å²) in [7, 11) is 3.49. The first-order valence-electron chi connectivity index (χ1n) is 7.91. The Morgan fingerprint density at radius 3 is 2.48 bits per heavy atom. The van der Waals surface area contributed by atoms with Crippen molar-refractivity contribution < 1.29 is 4.79 Å². The molecule has 3 N–H and O–H groups in total. The van der Waals surface area contributed by atoms with E-state index in [0.29, 0.717) is 18.7 Å². The Hall–Kier alpha value is -2.10. The smallest absolute Gasteiger partial charge is 0.253 e. The molecule has 1 amide bonds. The number of guanidine groups is 1. The molecule has 0 aliphatic carbocycles. The van der Waals surface area contributed by atoms with Gasteiger partial charge in [-0.25, -0.2) is 4.99 Å². The number of H-pyrrole nitrogens is 1. The number of nitrogens with one attached hydrogen (secondary N) is 3. The van der Waals surface area contributed by atoms with E-state index in [4.69, 9.17) is 0 Å². The number of rotatable bonds is 6. The molecular weight excluding hydrogens is 431 g/mol. The summed E-state index contributed by atoms with van der Waals surface area (Å²) >= 11 is 0. The number of aliphatic imine (C=N–C) groups is 1. The summed E-state index contributed by atoms with van der Waals surface area (Å²) in [5, 5.41) is 13.3. The van der Waals surface area contributed by atoms with E-state index in [1.165, 1.54) is 0 Å². The molecule has 0 saturated carbocycles. The van der Waals surface area contributed by atoms with E-state index in [1.54, 1.807) is 25.2 Å². The van der Waals surface area contributed by atoms with Crippen molar-refractivity contribution in [2.24, 2.45) is 4.99 Å². The molecule has 0 radical (unpaired) electrons. The topological polar surface area (TPSA) is 85.4 Å². The van der Waals surface area contributed by atoms with Gasteiger partial charge >= 0.3 is 0 Å². The average Bonchev–Trinajstić information content (AvgIpc) is 3.10. The molecule has 7 nitrogen and oxygen atoms in total. The highest BCUT2D eigenvalue weighted by molar-refractivity contribution is 14.0. The number of hydrogen-bond acceptors (Lipinski definition) is 3. The number of halogens is 1. The van der Waals surface area contributed by atoms with E-state index in [2.05, 4.69) is 25.8 Å². The Morgan fingerprint density at radius 2 is 1.92 bits per heavy atom. The van der Waals surface area contributed by atoms with Gasteiger partial charge in [0.2, 0.25) is 0 Å². The van der Waals surface area contributed by atoms with E-state index in [9.17, 15) is 4.79 Å². The maximum Gasteiger partial charge on any atom is 0.253 e. The minimum atomic E-state index is -0.000357. The lowest BCUT2D eigenvalue weighted by Crippen LogP contribution is -2.36. The zero-order valence-corrected chi connectivity index (χ0v) is 17.1. The molecule has 136 valence electrons. The fourth-order valence-electron chi connectivity index (χ4n) is 2.09. The standard InChI is InChI=1S/C17H24N6O.HI/c1-4-18-17(20-12-15-9-10-21-22-15)19-11-13-5-7-14(8-6-13)16(24)23(2)3;/h5-10H,4,11-12H2,1-3H3,(H,21,22)(H2,18,19,20);1H. The van der Waals surface area contributed by atoms with Gasteiger partial charge in [0.25, 0.3) is 5.91 Å². The molecule has 0 atom stereocenters. The molecule has 8 heteroatoms. The Kier molecular flexibility index (Phi) is 8.96. The van der Waals surface area contributed by atoms with Gasteiger partial charge in [-0.05, 0) is 30.7 Å². The first-order chi connectivity index (χ1) is 11.6. The van der Waals surface area contributed by atoms with Crippen molar-refractivity contribution in [3.8, 4) is 0 Å². The van der Waals surface area contributed by atoms with Crippen LogP contribution in [0.4, 0.5) is 0 Å². The zero-order chi connectivity index (χ0) is 17.4. The number of aromatic nitrogens is 2. The van der Waals surface area contributed by atoms with Crippen LogP contribution in [-0.2, 0) is 13.1 Å². The van der Waals surface area contributed by atoms with E-state index >= 15 is 0 Å². The summed E-state index contributed by atoms with van der Waals surface area (Å²) in [6, 6.07) is 9.44. The lowest BCUT2D eigenvalue weighted by molar-refractivity contribution is 0.0827. The maximum absolute atomic E-state index is 11.9. The van der Waals surface area contributed by atoms with Gasteiger partial charge in [-0.2, -0.15) is 5.10 Å². The molecule has 0 aliphatic rings. The van der Waals surface area contributed by atoms with E-state index in [-0.39, 0.29) is 29.9 Å². The van der Waals surface area contributed by atoms with Crippen LogP contribution >= 0.6 is 24.0 Å². The van der Waals surface area contributed by atoms with Gasteiger partial charge in [0.15, 0.2) is 5.96 Å². The van der Waals surface area contributed by atoms with Crippen LogP contribution in [0, 0.1) is 0 Å². The summed E-state index contributed by atoms with van der Waals surface area (Å²) < 4.78 is 0. The molecule has 0 saturated heterocycles. The second-order valence-corrected chi connectivity index (χ2v) is 5.53. The van der Waals surface area contributed by atoms with E-state index in [0.717, 1.165) is 23.8 Å². The molecular formula is C17H25IN6O. The van der Waals surface area contributed by atoms with Crippen LogP contribution in [-0.4, -0.2) is 47.6 Å². The third-order valence-corrected chi connectivity index (χ3v) is 3.38. The molecule has 0 fully saturated rings. The number of carbonyl (C=O) groups is 1. The predicted molar refractivity (Wildman–Crippen MR) is 110 cm³/mol. The van der Waals surface area contributed by atoms with Crippen molar-refractivity contribution in [1.29, 1.82) is 0 Å². The van der Waals surface area contributed by atoms with Crippen LogP contribution in [0.15, 0.2) is 41.5 Å². The highest BCUT2D eigenvalue weighted by Gasteiger charge is 2.07. The third kappa shape index (κ3) is 6.73. The summed E-state index contributed by atoms with van der Waals surface area (Å²) in [6.07, 6.45) is 1.72. The average molecular weight is 456 g/mol. The normalized spacial score (nSPS) is 10.8. The quantitative estimate of drug-likeness (QED) is 0.353. The van der Waals surface area contributed by atoms with E-state index in [1.807, 2.05) is 37.3 Å². The molecule has 0 bridgehead atoms. The predicted octanol–water partition coefficient (Wildman–Crippen LogP) is 1.98. The minimum Gasteiger partial charge on any atom is -0.357 e. The van der Waals surface area contributed by atoms with E-state index < -0.39 is 0 Å². The Labute approximate surface area is 165 Å². The van der Waals surface area contributed by atoms with Gasteiger partial charge in [-0.15, -0.1) is 24.0 Å². The van der Waals surface area contributed by atoms with Gasteiger partial charge in [0, 0.05) is 32.4 Å². The fraction of sp³-hybridized carbons (Fsp3) is 0.353. The van der Waals surface area contributed by atoms with Gasteiger partial charge in [-0.3, -0.25) is 9.89 Å². The van der Waals surface area contributed by atoms with Gasteiger partial charge in [-0.1, -0.05) is 12.1 Å². The molecule has 1 aromatic heterocycles. The first kappa shape index (κ1) is 20.9. The second kappa shape index (κ2) is 10.7. The van der Waals surface area contributed by atoms with Gasteiger partial charge in [0.1, 0.15) is 0 Å². The number of benzene rings is 1. The van der Waals surface area contributed by atoms with Gasteiger partial charge in [0.05, 0.1) is 18.8 Å². The van der Waals surface area contributed by atoms with Crippen LogP contribution in [0.5, 0.6) is 0 Å². The van der Waals surface area contributed by atoms with Crippen molar-refractivity contribution in [1.82, 2.24) is 25.7 Å². The third-order valence-electron chi connectivity index (χ3n) is 3.38. The van der Waals surface area contributed by atoms with Crippen LogP contribution in [0.25, 0.3) is 0 Å². The molecule has 0 unspecified atom stereocenters. The highest BCUT2D eigenvalue weighted by Crippen LogP contribution is 2.07. The summed E-state index contributed by atoms with van der Waals surface area (Å²) in [5.74, 6) is 0.736. The van der Waals surface area contributed by atoms with Crippen molar-refractivity contribution in [2.45, 2.75) is 20.0 Å². The SMILES string of the molecule is CCNC(=NCc1ccc(C(=O)N(C)C)cc1)NCc1ccn[nH]1.I. The zero-order valence-electron chi connectivity index (χ0n) is 14.7. The summed E-state index contributed by atoms with van der Waals surface area (Å²) in [6.45, 7) is 3.97. The lowest BCUT2D eigenvalue weighted by atomic mass is 10.1. The number of aromatic amines is 1. The Morgan fingerprint density at radius 1 is 1.20 bits per heavy atom. The largest absolute Gasteiger partial charge is 0.357 e. The molecule has 2 rings (SSSR count). The summed E-state index contributed by atoms with van der Waals surface area (Å²) in [5.41, 5.74) is 2.72. The van der Waals surface area contributed by atoms with Crippen molar-refractivity contribution in [3.63, 3.8) is 0 Å². The molecule has 1 heterocycles. The van der Waals surface area contributed by atoms with Crippen LogP contribution < -0.4 is 10.6 Å². The maximum atomic E-state index is 11.9. The second-order valence-electron chi connectivity index (χ2n) is 5.53. The number of amides is 1. The molecule has 2 aromatic rings. The molecule has 0 aliphatic heterocycles. The molecule has 0 spiro atoms. The van der Waals surface area contributed by atoms with Crippen molar-refractivity contribution in [3.05, 3.63) is 53.3 Å². The summed E-state index contributed by atoms with van der Waals surface area (Å²) in [4.78, 5) is 18.0. The van der Waals surface area contributed by atoms with Gasteiger partial charge < -0.3 is 15.5 Å². The number of carbonyl (C=O) groups excluding carboxylic acids is 1. The first-order valence-corrected chi connectivity index (χ1v) is 7.91. The molecule has 1 aromatic carbocycles. The molecule has 25 heavy (non-hydrogen) atoms.